The van der Waals surface area contributed by atoms with Gasteiger partial charge < -0.3 is 4.74 Å². The van der Waals surface area contributed by atoms with Crippen molar-refractivity contribution in [1.29, 1.82) is 0 Å². The normalized spacial score (nSPS) is 11.0. The molecule has 0 aliphatic carbocycles. The molecule has 0 fully saturated rings. The monoisotopic (exact) mass is 328 g/mol. The fraction of sp³-hybridized carbons (Fsp3) is 0.0625. The molecule has 0 atom stereocenters. The maximum absolute atomic E-state index is 13.1. The van der Waals surface area contributed by atoms with Crippen LogP contribution in [-0.2, 0) is 0 Å². The van der Waals surface area contributed by atoms with Crippen molar-refractivity contribution in [2.75, 3.05) is 7.11 Å². The number of ether oxygens (including phenoxy) is 1. The number of rotatable bonds is 4. The maximum atomic E-state index is 13.1. The number of hydrogen-bond donors (Lipinski definition) is 1. The molecule has 1 N–H and O–H groups in total. The first kappa shape index (κ1) is 15.1. The van der Waals surface area contributed by atoms with Crippen LogP contribution in [0.4, 0.5) is 4.39 Å². The van der Waals surface area contributed by atoms with E-state index in [-0.39, 0.29) is 5.82 Å². The smallest absolute Gasteiger partial charge is 0.216 e. The van der Waals surface area contributed by atoms with Crippen molar-refractivity contribution in [2.45, 2.75) is 0 Å². The molecule has 0 saturated heterocycles. The van der Waals surface area contributed by atoms with Crippen molar-refractivity contribution in [3.8, 4) is 17.1 Å². The average molecular weight is 328 g/mol. The summed E-state index contributed by atoms with van der Waals surface area (Å²) in [5.41, 5.74) is 1.57. The topological polar surface area (TPSA) is 55.2 Å². The van der Waals surface area contributed by atoms with Gasteiger partial charge in [0.05, 0.1) is 13.3 Å². The molecule has 0 saturated carbocycles. The van der Waals surface area contributed by atoms with E-state index in [1.54, 1.807) is 25.5 Å². The lowest BCUT2D eigenvalue weighted by Crippen LogP contribution is -1.95. The lowest BCUT2D eigenvalue weighted by atomic mass is 10.2. The largest absolute Gasteiger partial charge is 0.497 e. The molecule has 23 heavy (non-hydrogen) atoms. The van der Waals surface area contributed by atoms with E-state index >= 15 is 0 Å². The highest BCUT2D eigenvalue weighted by atomic mass is 32.1. The molecule has 0 unspecified atom stereocenters. The molecule has 7 heteroatoms. The first-order valence-electron chi connectivity index (χ1n) is 6.79. The summed E-state index contributed by atoms with van der Waals surface area (Å²) in [5, 5.41) is 11.2. The highest BCUT2D eigenvalue weighted by Gasteiger charge is 2.08. The van der Waals surface area contributed by atoms with Crippen LogP contribution in [0.15, 0.2) is 53.6 Å². The highest BCUT2D eigenvalue weighted by molar-refractivity contribution is 7.71. The van der Waals surface area contributed by atoms with E-state index < -0.39 is 0 Å². The predicted octanol–water partition coefficient (Wildman–Crippen LogP) is 3.64. The van der Waals surface area contributed by atoms with E-state index in [1.165, 1.54) is 16.8 Å². The number of benzene rings is 2. The SMILES string of the molecule is COc1cccc(/C=N/n2c(-c3ccc(F)cc3)n[nH]c2=S)c1. The summed E-state index contributed by atoms with van der Waals surface area (Å²) in [6, 6.07) is 13.4. The number of nitrogens with zero attached hydrogens (tertiary/aromatic N) is 3. The van der Waals surface area contributed by atoms with E-state index in [9.17, 15) is 4.39 Å². The molecule has 116 valence electrons. The summed E-state index contributed by atoms with van der Waals surface area (Å²) in [4.78, 5) is 0. The fourth-order valence-electron chi connectivity index (χ4n) is 2.03. The molecule has 1 heterocycles. The summed E-state index contributed by atoms with van der Waals surface area (Å²) < 4.78 is 20.1. The van der Waals surface area contributed by atoms with Crippen molar-refractivity contribution >= 4 is 18.4 Å². The van der Waals surface area contributed by atoms with Crippen LogP contribution >= 0.6 is 12.2 Å². The summed E-state index contributed by atoms with van der Waals surface area (Å²) >= 11 is 5.20. The minimum absolute atomic E-state index is 0.311. The minimum atomic E-state index is -0.311. The van der Waals surface area contributed by atoms with Gasteiger partial charge in [0.25, 0.3) is 0 Å². The molecule has 0 amide bonds. The highest BCUT2D eigenvalue weighted by Crippen LogP contribution is 2.18. The third kappa shape index (κ3) is 3.35. The van der Waals surface area contributed by atoms with Crippen LogP contribution in [-0.4, -0.2) is 28.2 Å². The molecule has 0 bridgehead atoms. The molecule has 0 aliphatic heterocycles. The van der Waals surface area contributed by atoms with Gasteiger partial charge in [-0.15, -0.1) is 0 Å². The number of nitrogens with one attached hydrogen (secondary N) is 1. The molecule has 1 aromatic heterocycles. The average Bonchev–Trinajstić information content (AvgIpc) is 2.94. The van der Waals surface area contributed by atoms with Gasteiger partial charge in [0.1, 0.15) is 11.6 Å². The van der Waals surface area contributed by atoms with Crippen LogP contribution in [0.2, 0.25) is 0 Å². The van der Waals surface area contributed by atoms with Crippen molar-refractivity contribution in [3.63, 3.8) is 0 Å². The second-order valence-electron chi connectivity index (χ2n) is 4.69. The molecule has 0 spiro atoms. The van der Waals surface area contributed by atoms with Crippen LogP contribution in [0.25, 0.3) is 11.4 Å². The van der Waals surface area contributed by atoms with E-state index in [2.05, 4.69) is 15.3 Å². The lowest BCUT2D eigenvalue weighted by Gasteiger charge is -2.02. The maximum Gasteiger partial charge on any atom is 0.216 e. The number of hydrogen-bond acceptors (Lipinski definition) is 4. The molecule has 0 radical (unpaired) electrons. The van der Waals surface area contributed by atoms with Gasteiger partial charge in [-0.25, -0.2) is 9.49 Å². The number of aromatic amines is 1. The Labute approximate surface area is 137 Å². The predicted molar refractivity (Wildman–Crippen MR) is 88.8 cm³/mol. The minimum Gasteiger partial charge on any atom is -0.497 e. The molecular weight excluding hydrogens is 315 g/mol. The second kappa shape index (κ2) is 6.53. The van der Waals surface area contributed by atoms with Gasteiger partial charge in [-0.2, -0.15) is 14.9 Å². The third-order valence-corrected chi connectivity index (χ3v) is 3.43. The molecular formula is C16H13FN4OS. The van der Waals surface area contributed by atoms with Gasteiger partial charge in [0, 0.05) is 5.56 Å². The zero-order valence-corrected chi connectivity index (χ0v) is 13.0. The van der Waals surface area contributed by atoms with Crippen LogP contribution in [0, 0.1) is 10.6 Å². The van der Waals surface area contributed by atoms with Crippen molar-refractivity contribution in [2.24, 2.45) is 5.10 Å². The fourth-order valence-corrected chi connectivity index (χ4v) is 2.21. The van der Waals surface area contributed by atoms with E-state index in [0.717, 1.165) is 11.3 Å². The summed E-state index contributed by atoms with van der Waals surface area (Å²) in [6.07, 6.45) is 1.65. The Bertz CT molecular complexity index is 899. The Morgan fingerprint density at radius 1 is 1.26 bits per heavy atom. The summed E-state index contributed by atoms with van der Waals surface area (Å²) in [6.45, 7) is 0. The first-order valence-corrected chi connectivity index (χ1v) is 7.20. The molecule has 3 aromatic rings. The Balaban J connectivity index is 1.97. The second-order valence-corrected chi connectivity index (χ2v) is 5.08. The number of halogens is 1. The standard InChI is InChI=1S/C16H13FN4OS/c1-22-14-4-2-3-11(9-14)10-18-21-15(19-20-16(21)23)12-5-7-13(17)8-6-12/h2-10H,1H3,(H,20,23)/b18-10+. The van der Waals surface area contributed by atoms with Gasteiger partial charge in [-0.1, -0.05) is 12.1 Å². The van der Waals surface area contributed by atoms with Crippen LogP contribution in [0.1, 0.15) is 5.56 Å². The molecule has 3 rings (SSSR count). The van der Waals surface area contributed by atoms with E-state index in [0.29, 0.717) is 16.2 Å². The Morgan fingerprint density at radius 2 is 2.04 bits per heavy atom. The Morgan fingerprint density at radius 3 is 2.78 bits per heavy atom. The number of aromatic nitrogens is 3. The lowest BCUT2D eigenvalue weighted by molar-refractivity contribution is 0.415. The van der Waals surface area contributed by atoms with Crippen molar-refractivity contribution < 1.29 is 9.13 Å². The number of H-pyrrole nitrogens is 1. The Kier molecular flexibility index (Phi) is 4.29. The van der Waals surface area contributed by atoms with Crippen LogP contribution in [0.5, 0.6) is 5.75 Å². The summed E-state index contributed by atoms with van der Waals surface area (Å²) in [7, 11) is 1.61. The van der Waals surface area contributed by atoms with Gasteiger partial charge in [0.2, 0.25) is 4.77 Å². The van der Waals surface area contributed by atoms with Crippen LogP contribution < -0.4 is 4.74 Å². The Hall–Kier alpha value is -2.80. The third-order valence-electron chi connectivity index (χ3n) is 3.17. The summed E-state index contributed by atoms with van der Waals surface area (Å²) in [5.74, 6) is 0.937. The molecule has 0 aliphatic rings. The van der Waals surface area contributed by atoms with Gasteiger partial charge in [-0.3, -0.25) is 0 Å². The van der Waals surface area contributed by atoms with Crippen molar-refractivity contribution in [3.05, 3.63) is 64.7 Å². The molecule has 5 nitrogen and oxygen atoms in total. The van der Waals surface area contributed by atoms with E-state index in [1.807, 2.05) is 24.3 Å². The first-order chi connectivity index (χ1) is 11.2. The van der Waals surface area contributed by atoms with Gasteiger partial charge in [0.15, 0.2) is 5.82 Å². The van der Waals surface area contributed by atoms with E-state index in [4.69, 9.17) is 17.0 Å². The zero-order chi connectivity index (χ0) is 16.2. The zero-order valence-electron chi connectivity index (χ0n) is 12.2. The van der Waals surface area contributed by atoms with Gasteiger partial charge in [-0.05, 0) is 54.2 Å². The quantitative estimate of drug-likeness (QED) is 0.588. The van der Waals surface area contributed by atoms with Gasteiger partial charge >= 0.3 is 0 Å². The number of methoxy groups -OCH3 is 1. The molecule has 2 aromatic carbocycles. The van der Waals surface area contributed by atoms with Crippen molar-refractivity contribution in [1.82, 2.24) is 14.9 Å². The van der Waals surface area contributed by atoms with Crippen LogP contribution in [0.3, 0.4) is 0 Å².